The first kappa shape index (κ1) is 20.0. The second kappa shape index (κ2) is 7.25. The molecule has 0 bridgehead atoms. The van der Waals surface area contributed by atoms with Crippen LogP contribution in [-0.4, -0.2) is 37.7 Å². The fraction of sp³-hybridized carbons (Fsp3) is 0.467. The van der Waals surface area contributed by atoms with Crippen LogP contribution in [0.5, 0.6) is 0 Å². The third-order valence-electron chi connectivity index (χ3n) is 2.80. The molecule has 0 heterocycles. The second-order valence-corrected chi connectivity index (χ2v) is 8.03. The zero-order valence-corrected chi connectivity index (χ0v) is 14.5. The highest BCUT2D eigenvalue weighted by molar-refractivity contribution is 7.91. The Bertz CT molecular complexity index is 708. The lowest BCUT2D eigenvalue weighted by molar-refractivity contribution is -0.130. The van der Waals surface area contributed by atoms with Crippen LogP contribution in [0.4, 0.5) is 8.78 Å². The number of carbonyl (C=O) groups is 2. The van der Waals surface area contributed by atoms with Crippen LogP contribution in [0, 0.1) is 0 Å². The van der Waals surface area contributed by atoms with Gasteiger partial charge in [0.25, 0.3) is 5.91 Å². The molecule has 0 aliphatic carbocycles. The number of hydrogen-bond acceptors (Lipinski definition) is 5. The third-order valence-corrected chi connectivity index (χ3v) is 4.20. The van der Waals surface area contributed by atoms with Crippen LogP contribution in [-0.2, 0) is 19.4 Å². The van der Waals surface area contributed by atoms with Crippen molar-refractivity contribution in [3.63, 3.8) is 0 Å². The second-order valence-electron chi connectivity index (χ2n) is 6.12. The molecule has 0 aliphatic rings. The van der Waals surface area contributed by atoms with Crippen molar-refractivity contribution in [3.05, 3.63) is 29.8 Å². The lowest BCUT2D eigenvalue weighted by Crippen LogP contribution is -2.46. The quantitative estimate of drug-likeness (QED) is 0.810. The van der Waals surface area contributed by atoms with Crippen molar-refractivity contribution in [2.75, 3.05) is 0 Å². The Labute approximate surface area is 139 Å². The highest BCUT2D eigenvalue weighted by atomic mass is 32.2. The summed E-state index contributed by atoms with van der Waals surface area (Å²) in [5.74, 6) is -4.91. The lowest BCUT2D eigenvalue weighted by atomic mass is 10.1. The number of rotatable bonds is 5. The third kappa shape index (κ3) is 5.26. The average molecular weight is 363 g/mol. The predicted octanol–water partition coefficient (Wildman–Crippen LogP) is 2.14. The summed E-state index contributed by atoms with van der Waals surface area (Å²) in [4.78, 5) is 23.2. The summed E-state index contributed by atoms with van der Waals surface area (Å²) >= 11 is 0. The molecule has 24 heavy (non-hydrogen) atoms. The van der Waals surface area contributed by atoms with Gasteiger partial charge < -0.3 is 10.1 Å². The topological polar surface area (TPSA) is 89.5 Å². The summed E-state index contributed by atoms with van der Waals surface area (Å²) in [7, 11) is -4.73. The van der Waals surface area contributed by atoms with Gasteiger partial charge in [0.2, 0.25) is 9.84 Å². The minimum atomic E-state index is -4.73. The van der Waals surface area contributed by atoms with Crippen LogP contribution in [0.25, 0.3) is 0 Å². The van der Waals surface area contributed by atoms with Gasteiger partial charge in [0.1, 0.15) is 0 Å². The van der Waals surface area contributed by atoms with Gasteiger partial charge in [-0.3, -0.25) is 4.79 Å². The molecule has 0 saturated carbocycles. The van der Waals surface area contributed by atoms with E-state index < -0.39 is 44.0 Å². The minimum Gasteiger partial charge on any atom is -0.449 e. The number of nitrogens with one attached hydrogen (secondary N) is 1. The molecular formula is C15H19F2NO5S. The van der Waals surface area contributed by atoms with E-state index >= 15 is 0 Å². The van der Waals surface area contributed by atoms with Gasteiger partial charge in [-0.25, -0.2) is 13.2 Å². The van der Waals surface area contributed by atoms with Gasteiger partial charge in [-0.15, -0.1) is 0 Å². The number of esters is 1. The maximum atomic E-state index is 12.4. The Morgan fingerprint density at radius 2 is 1.62 bits per heavy atom. The molecule has 1 amide bonds. The molecule has 9 heteroatoms. The van der Waals surface area contributed by atoms with Gasteiger partial charge in [-0.05, 0) is 52.0 Å². The maximum absolute atomic E-state index is 12.4. The zero-order chi connectivity index (χ0) is 18.7. The molecule has 0 spiro atoms. The maximum Gasteiger partial charge on any atom is 0.341 e. The van der Waals surface area contributed by atoms with Crippen LogP contribution in [0.3, 0.4) is 0 Å². The van der Waals surface area contributed by atoms with Crippen LogP contribution < -0.4 is 5.32 Å². The molecule has 134 valence electrons. The molecule has 0 radical (unpaired) electrons. The standard InChI is InChI=1S/C15H19F2NO5S/c1-9(12(19)18-15(2,3)4)23-13(20)10-5-7-11(8-6-10)24(21,22)14(16)17/h5-9,14H,1-4H3,(H,18,19)/t9-/m1/s1. The highest BCUT2D eigenvalue weighted by Gasteiger charge is 2.27. The number of ether oxygens (including phenoxy) is 1. The van der Waals surface area contributed by atoms with Crippen LogP contribution >= 0.6 is 0 Å². The predicted molar refractivity (Wildman–Crippen MR) is 82.4 cm³/mol. The van der Waals surface area contributed by atoms with Crippen molar-refractivity contribution in [3.8, 4) is 0 Å². The Morgan fingerprint density at radius 3 is 2.04 bits per heavy atom. The summed E-state index contributed by atoms with van der Waals surface area (Å²) in [5.41, 5.74) is -0.554. The summed E-state index contributed by atoms with van der Waals surface area (Å²) in [6.07, 6.45) is -1.07. The fourth-order valence-electron chi connectivity index (χ4n) is 1.64. The first-order valence-corrected chi connectivity index (χ1v) is 8.54. The number of amides is 1. The first-order chi connectivity index (χ1) is 10.8. The van der Waals surface area contributed by atoms with E-state index in [-0.39, 0.29) is 5.56 Å². The van der Waals surface area contributed by atoms with E-state index in [0.717, 1.165) is 24.3 Å². The van der Waals surface area contributed by atoms with Crippen LogP contribution in [0.15, 0.2) is 29.2 Å². The van der Waals surface area contributed by atoms with E-state index in [1.54, 1.807) is 20.8 Å². The summed E-state index contributed by atoms with van der Waals surface area (Å²) in [6, 6.07) is 3.87. The van der Waals surface area contributed by atoms with E-state index in [2.05, 4.69) is 5.32 Å². The van der Waals surface area contributed by atoms with E-state index in [9.17, 15) is 26.8 Å². The van der Waals surface area contributed by atoms with E-state index in [1.807, 2.05) is 0 Å². The van der Waals surface area contributed by atoms with Crippen molar-refractivity contribution < 1.29 is 31.5 Å². The monoisotopic (exact) mass is 363 g/mol. The summed E-state index contributed by atoms with van der Waals surface area (Å²) in [5, 5.41) is 2.64. The fourth-order valence-corrected chi connectivity index (χ4v) is 2.36. The number of carbonyl (C=O) groups excluding carboxylic acids is 2. The van der Waals surface area contributed by atoms with E-state index in [1.165, 1.54) is 6.92 Å². The molecule has 1 rings (SSSR count). The number of halogens is 2. The average Bonchev–Trinajstić information content (AvgIpc) is 2.45. The van der Waals surface area contributed by atoms with Gasteiger partial charge in [0.05, 0.1) is 10.5 Å². The molecule has 6 nitrogen and oxygen atoms in total. The largest absolute Gasteiger partial charge is 0.449 e. The summed E-state index contributed by atoms with van der Waals surface area (Å²) in [6.45, 7) is 6.68. The Kier molecular flexibility index (Phi) is 6.04. The van der Waals surface area contributed by atoms with Crippen LogP contribution in [0.1, 0.15) is 38.1 Å². The molecule has 0 aromatic heterocycles. The van der Waals surface area contributed by atoms with Gasteiger partial charge in [0.15, 0.2) is 6.10 Å². The molecular weight excluding hydrogens is 344 g/mol. The highest BCUT2D eigenvalue weighted by Crippen LogP contribution is 2.19. The van der Waals surface area contributed by atoms with Gasteiger partial charge in [-0.2, -0.15) is 8.78 Å². The molecule has 1 atom stereocenters. The van der Waals surface area contributed by atoms with E-state index in [0.29, 0.717) is 0 Å². The molecule has 1 aromatic carbocycles. The normalized spacial score (nSPS) is 13.5. The molecule has 0 saturated heterocycles. The number of hydrogen-bond donors (Lipinski definition) is 1. The first-order valence-electron chi connectivity index (χ1n) is 7.00. The zero-order valence-electron chi connectivity index (χ0n) is 13.7. The number of sulfone groups is 1. The Morgan fingerprint density at radius 1 is 1.12 bits per heavy atom. The Hall–Kier alpha value is -2.03. The van der Waals surface area contributed by atoms with Crippen molar-refractivity contribution >= 4 is 21.7 Å². The number of alkyl halides is 2. The molecule has 0 fully saturated rings. The SMILES string of the molecule is C[C@@H](OC(=O)c1ccc(S(=O)(=O)C(F)F)cc1)C(=O)NC(C)(C)C. The molecule has 1 aromatic rings. The van der Waals surface area contributed by atoms with E-state index in [4.69, 9.17) is 4.74 Å². The van der Waals surface area contributed by atoms with Gasteiger partial charge in [0, 0.05) is 5.54 Å². The smallest absolute Gasteiger partial charge is 0.341 e. The lowest BCUT2D eigenvalue weighted by Gasteiger charge is -2.23. The molecule has 0 aliphatic heterocycles. The van der Waals surface area contributed by atoms with Crippen molar-refractivity contribution in [2.24, 2.45) is 0 Å². The molecule has 0 unspecified atom stereocenters. The van der Waals surface area contributed by atoms with Gasteiger partial charge >= 0.3 is 11.7 Å². The minimum absolute atomic E-state index is 0.0568. The Balaban J connectivity index is 2.81. The van der Waals surface area contributed by atoms with Crippen molar-refractivity contribution in [1.29, 1.82) is 0 Å². The van der Waals surface area contributed by atoms with Crippen LogP contribution in [0.2, 0.25) is 0 Å². The van der Waals surface area contributed by atoms with Crippen molar-refractivity contribution in [1.82, 2.24) is 5.32 Å². The summed E-state index contributed by atoms with van der Waals surface area (Å²) < 4.78 is 52.4. The number of benzene rings is 1. The molecule has 1 N–H and O–H groups in total. The van der Waals surface area contributed by atoms with Gasteiger partial charge in [-0.1, -0.05) is 0 Å². The van der Waals surface area contributed by atoms with Crippen molar-refractivity contribution in [2.45, 2.75) is 50.0 Å².